The number of anilines is 3. The lowest BCUT2D eigenvalue weighted by molar-refractivity contribution is 0.621. The summed E-state index contributed by atoms with van der Waals surface area (Å²) in [5, 5.41) is 8.51. The molecule has 2 aliphatic heterocycles. The van der Waals surface area contributed by atoms with E-state index in [2.05, 4.69) is 49.2 Å². The van der Waals surface area contributed by atoms with Crippen LogP contribution in [0.15, 0.2) is 54.7 Å². The number of hydrogen-bond donors (Lipinski definition) is 0. The molecule has 0 aliphatic carbocycles. The fourth-order valence-electron chi connectivity index (χ4n) is 4.08. The average Bonchev–Trinajstić information content (AvgIpc) is 2.79. The number of piperazine rings is 1. The number of fused-ring (bicyclic) bond motifs is 1. The van der Waals surface area contributed by atoms with Gasteiger partial charge in [0.05, 0.1) is 6.20 Å². The van der Waals surface area contributed by atoms with Crippen LogP contribution in [0, 0.1) is 5.82 Å². The minimum absolute atomic E-state index is 0.205. The summed E-state index contributed by atoms with van der Waals surface area (Å²) in [7, 11) is 0. The highest BCUT2D eigenvalue weighted by Gasteiger charge is 2.22. The number of benzene rings is 2. The molecule has 5 rings (SSSR count). The lowest BCUT2D eigenvalue weighted by atomic mass is 10.0. The smallest absolute Gasteiger partial charge is 0.247 e. The first-order chi connectivity index (χ1) is 14.3. The van der Waals surface area contributed by atoms with Gasteiger partial charge in [-0.1, -0.05) is 24.3 Å². The summed E-state index contributed by atoms with van der Waals surface area (Å²) < 4.78 is 13.2. The number of hydrogen-bond acceptors (Lipinski definition) is 6. The minimum atomic E-state index is -0.205. The van der Waals surface area contributed by atoms with Gasteiger partial charge in [0, 0.05) is 45.0 Å². The molecule has 1 fully saturated rings. The molecule has 0 saturated carbocycles. The molecule has 1 saturated heterocycles. The molecule has 148 valence electrons. The van der Waals surface area contributed by atoms with Gasteiger partial charge in [-0.15, -0.1) is 5.10 Å². The molecular formula is C22H23FN6. The van der Waals surface area contributed by atoms with Crippen molar-refractivity contribution < 1.29 is 4.39 Å². The Morgan fingerprint density at radius 3 is 2.28 bits per heavy atom. The third kappa shape index (κ3) is 3.72. The van der Waals surface area contributed by atoms with E-state index in [4.69, 9.17) is 4.98 Å². The van der Waals surface area contributed by atoms with Gasteiger partial charge in [0.1, 0.15) is 5.82 Å². The van der Waals surface area contributed by atoms with E-state index >= 15 is 0 Å². The minimum Gasteiger partial charge on any atom is -0.368 e. The summed E-state index contributed by atoms with van der Waals surface area (Å²) in [6.07, 6.45) is 2.78. The Balaban J connectivity index is 1.27. The Kier molecular flexibility index (Phi) is 4.71. The van der Waals surface area contributed by atoms with E-state index in [1.807, 2.05) is 12.1 Å². The van der Waals surface area contributed by atoms with Gasteiger partial charge in [-0.25, -0.2) is 4.39 Å². The molecule has 7 heteroatoms. The molecule has 3 aromatic rings. The fourth-order valence-corrected chi connectivity index (χ4v) is 4.08. The maximum Gasteiger partial charge on any atom is 0.247 e. The topological polar surface area (TPSA) is 48.4 Å². The molecular weight excluding hydrogens is 367 g/mol. The van der Waals surface area contributed by atoms with Crippen LogP contribution < -0.4 is 14.7 Å². The van der Waals surface area contributed by atoms with E-state index in [1.54, 1.807) is 6.20 Å². The summed E-state index contributed by atoms with van der Waals surface area (Å²) in [5.74, 6) is 1.36. The van der Waals surface area contributed by atoms with Gasteiger partial charge in [-0.05, 0) is 41.8 Å². The van der Waals surface area contributed by atoms with Gasteiger partial charge in [0.15, 0.2) is 5.82 Å². The molecule has 6 nitrogen and oxygen atoms in total. The maximum atomic E-state index is 13.2. The number of halogens is 1. The summed E-state index contributed by atoms with van der Waals surface area (Å²) in [4.78, 5) is 11.5. The van der Waals surface area contributed by atoms with Crippen molar-refractivity contribution in [2.45, 2.75) is 13.0 Å². The summed E-state index contributed by atoms with van der Waals surface area (Å²) in [5.41, 5.74) is 3.82. The largest absolute Gasteiger partial charge is 0.368 e. The van der Waals surface area contributed by atoms with Gasteiger partial charge in [0.2, 0.25) is 5.95 Å². The van der Waals surface area contributed by atoms with E-state index in [9.17, 15) is 4.39 Å². The molecule has 0 spiro atoms. The van der Waals surface area contributed by atoms with Gasteiger partial charge >= 0.3 is 0 Å². The zero-order valence-electron chi connectivity index (χ0n) is 16.2. The SMILES string of the molecule is Fc1ccc(N2CCN(c3nncc(N4CCc5ccccc5C4)n3)CC2)cc1. The predicted molar refractivity (Wildman–Crippen MR) is 112 cm³/mol. The first-order valence-corrected chi connectivity index (χ1v) is 10.0. The monoisotopic (exact) mass is 390 g/mol. The second-order valence-corrected chi connectivity index (χ2v) is 7.51. The van der Waals surface area contributed by atoms with E-state index < -0.39 is 0 Å². The Labute approximate surface area is 169 Å². The van der Waals surface area contributed by atoms with Crippen molar-refractivity contribution in [3.8, 4) is 0 Å². The van der Waals surface area contributed by atoms with E-state index in [-0.39, 0.29) is 5.82 Å². The highest BCUT2D eigenvalue weighted by Crippen LogP contribution is 2.24. The van der Waals surface area contributed by atoms with Crippen LogP contribution in [0.3, 0.4) is 0 Å². The lowest BCUT2D eigenvalue weighted by Crippen LogP contribution is -2.47. The van der Waals surface area contributed by atoms with Gasteiger partial charge in [-0.3, -0.25) is 0 Å². The summed E-state index contributed by atoms with van der Waals surface area (Å²) in [6, 6.07) is 15.3. The standard InChI is InChI=1S/C22H23FN6/c23-19-5-7-20(8-6-19)27-11-13-28(14-12-27)22-25-21(15-24-26-22)29-10-9-17-3-1-2-4-18(17)16-29/h1-8,15H,9-14,16H2. The third-order valence-corrected chi connectivity index (χ3v) is 5.74. The van der Waals surface area contributed by atoms with Crippen molar-refractivity contribution in [1.29, 1.82) is 0 Å². The zero-order chi connectivity index (χ0) is 19.6. The second-order valence-electron chi connectivity index (χ2n) is 7.51. The molecule has 2 aromatic carbocycles. The molecule has 2 aliphatic rings. The normalized spacial score (nSPS) is 16.7. The Hall–Kier alpha value is -3.22. The highest BCUT2D eigenvalue weighted by molar-refractivity contribution is 5.50. The number of aromatic nitrogens is 3. The third-order valence-electron chi connectivity index (χ3n) is 5.74. The molecule has 0 radical (unpaired) electrons. The van der Waals surface area contributed by atoms with Crippen molar-refractivity contribution in [1.82, 2.24) is 15.2 Å². The Morgan fingerprint density at radius 1 is 0.759 bits per heavy atom. The van der Waals surface area contributed by atoms with E-state index in [0.717, 1.165) is 57.2 Å². The molecule has 1 aromatic heterocycles. The molecule has 0 bridgehead atoms. The maximum absolute atomic E-state index is 13.2. The van der Waals surface area contributed by atoms with Crippen LogP contribution in [0.1, 0.15) is 11.1 Å². The number of rotatable bonds is 3. The van der Waals surface area contributed by atoms with Gasteiger partial charge < -0.3 is 14.7 Å². The first kappa shape index (κ1) is 17.8. The van der Waals surface area contributed by atoms with Crippen LogP contribution in [0.2, 0.25) is 0 Å². The lowest BCUT2D eigenvalue weighted by Gasteiger charge is -2.36. The van der Waals surface area contributed by atoms with E-state index in [1.165, 1.54) is 23.3 Å². The van der Waals surface area contributed by atoms with Crippen molar-refractivity contribution >= 4 is 17.5 Å². The predicted octanol–water partition coefficient (Wildman–Crippen LogP) is 2.90. The quantitative estimate of drug-likeness (QED) is 0.685. The molecule has 0 atom stereocenters. The van der Waals surface area contributed by atoms with Crippen LogP contribution in [0.5, 0.6) is 0 Å². The van der Waals surface area contributed by atoms with Crippen LogP contribution in [-0.2, 0) is 13.0 Å². The van der Waals surface area contributed by atoms with Crippen LogP contribution in [-0.4, -0.2) is 47.9 Å². The second kappa shape index (κ2) is 7.66. The number of nitrogens with zero attached hydrogens (tertiary/aromatic N) is 6. The molecule has 0 unspecified atom stereocenters. The molecule has 0 N–H and O–H groups in total. The van der Waals surface area contributed by atoms with Gasteiger partial charge in [0.25, 0.3) is 0 Å². The Morgan fingerprint density at radius 2 is 1.48 bits per heavy atom. The van der Waals surface area contributed by atoms with Crippen LogP contribution >= 0.6 is 0 Å². The van der Waals surface area contributed by atoms with Crippen LogP contribution in [0.4, 0.5) is 21.8 Å². The first-order valence-electron chi connectivity index (χ1n) is 10.0. The van der Waals surface area contributed by atoms with Crippen LogP contribution in [0.25, 0.3) is 0 Å². The fraction of sp³-hybridized carbons (Fsp3) is 0.318. The summed E-state index contributed by atoms with van der Waals surface area (Å²) in [6.45, 7) is 5.10. The van der Waals surface area contributed by atoms with Crippen molar-refractivity contribution in [2.24, 2.45) is 0 Å². The zero-order valence-corrected chi connectivity index (χ0v) is 16.2. The Bertz CT molecular complexity index is 985. The molecule has 3 heterocycles. The van der Waals surface area contributed by atoms with E-state index in [0.29, 0.717) is 5.95 Å². The molecule has 29 heavy (non-hydrogen) atoms. The summed E-state index contributed by atoms with van der Waals surface area (Å²) >= 11 is 0. The average molecular weight is 390 g/mol. The highest BCUT2D eigenvalue weighted by atomic mass is 19.1. The molecule has 0 amide bonds. The van der Waals surface area contributed by atoms with Crippen molar-refractivity contribution in [3.63, 3.8) is 0 Å². The van der Waals surface area contributed by atoms with Gasteiger partial charge in [-0.2, -0.15) is 10.1 Å². The van der Waals surface area contributed by atoms with Crippen molar-refractivity contribution in [3.05, 3.63) is 71.7 Å². The van der Waals surface area contributed by atoms with Crippen molar-refractivity contribution in [2.75, 3.05) is 47.4 Å².